The Morgan fingerprint density at radius 3 is 2.94 bits per heavy atom. The van der Waals surface area contributed by atoms with E-state index in [1.54, 1.807) is 6.07 Å². The lowest BCUT2D eigenvalue weighted by Crippen LogP contribution is -2.19. The molecular weight excluding hydrogens is 250 g/mol. The number of anilines is 1. The Hall–Kier alpha value is -1.95. The zero-order valence-corrected chi connectivity index (χ0v) is 10.8. The van der Waals surface area contributed by atoms with Gasteiger partial charge in [-0.25, -0.2) is 4.99 Å². The smallest absolute Gasteiger partial charge is 0.230 e. The average Bonchev–Trinajstić information content (AvgIpc) is 2.85. The first-order chi connectivity index (χ1) is 8.61. The third-order valence-corrected chi connectivity index (χ3v) is 3.54. The molecule has 0 unspecified atom stereocenters. The molecule has 0 aliphatic carbocycles. The second kappa shape index (κ2) is 4.06. The van der Waals surface area contributed by atoms with E-state index in [-0.39, 0.29) is 12.2 Å². The molecule has 0 amide bonds. The van der Waals surface area contributed by atoms with Crippen LogP contribution in [0.4, 0.5) is 10.9 Å². The molecule has 1 aliphatic heterocycles. The van der Waals surface area contributed by atoms with Crippen LogP contribution in [0.2, 0.25) is 0 Å². The van der Waals surface area contributed by atoms with Crippen LogP contribution in [0.15, 0.2) is 21.6 Å². The van der Waals surface area contributed by atoms with Crippen molar-refractivity contribution in [1.29, 1.82) is 0 Å². The number of aliphatic imine (C=N–C) groups is 1. The van der Waals surface area contributed by atoms with E-state index in [4.69, 9.17) is 4.52 Å². The van der Waals surface area contributed by atoms with Crippen molar-refractivity contribution >= 4 is 33.8 Å². The van der Waals surface area contributed by atoms with Crippen molar-refractivity contribution in [1.82, 2.24) is 5.16 Å². The number of carbonyl (C=O) groups is 1. The van der Waals surface area contributed by atoms with Crippen LogP contribution < -0.4 is 5.32 Å². The van der Waals surface area contributed by atoms with Crippen molar-refractivity contribution in [3.63, 3.8) is 0 Å². The number of fused-ring (bicyclic) bond motifs is 1. The van der Waals surface area contributed by atoms with E-state index in [0.717, 1.165) is 21.1 Å². The second-order valence-corrected chi connectivity index (χ2v) is 5.43. The predicted molar refractivity (Wildman–Crippen MR) is 70.0 cm³/mol. The average molecular weight is 261 g/mol. The molecule has 2 aromatic rings. The van der Waals surface area contributed by atoms with Gasteiger partial charge in [0.2, 0.25) is 5.88 Å². The van der Waals surface area contributed by atoms with Crippen LogP contribution in [-0.2, 0) is 0 Å². The number of nitrogens with zero attached hydrogens (tertiary/aromatic N) is 2. The van der Waals surface area contributed by atoms with Gasteiger partial charge in [0.15, 0.2) is 5.78 Å². The lowest BCUT2D eigenvalue weighted by atomic mass is 10.1. The largest absolute Gasteiger partial charge is 0.338 e. The Kier molecular flexibility index (Phi) is 2.52. The monoisotopic (exact) mass is 261 g/mol. The highest BCUT2D eigenvalue weighted by molar-refractivity contribution is 7.16. The molecule has 0 spiro atoms. The predicted octanol–water partition coefficient (Wildman–Crippen LogP) is 3.08. The van der Waals surface area contributed by atoms with Gasteiger partial charge in [0.05, 0.1) is 17.7 Å². The minimum atomic E-state index is 0.0862. The minimum absolute atomic E-state index is 0.0862. The standard InChI is InChI=1S/C12H11N3O2S/c1-6-3-11(17-15-6)13-10-5-9(16)8-4-7(2)18-12(8)14-10/h3-4H,5H2,1-2H3,(H,13,14). The molecular formula is C12H11N3O2S. The van der Waals surface area contributed by atoms with Crippen LogP contribution in [0.1, 0.15) is 27.3 Å². The summed E-state index contributed by atoms with van der Waals surface area (Å²) >= 11 is 1.52. The molecule has 18 heavy (non-hydrogen) atoms. The molecule has 0 saturated heterocycles. The fraction of sp³-hybridized carbons (Fsp3) is 0.250. The fourth-order valence-electron chi connectivity index (χ4n) is 1.83. The van der Waals surface area contributed by atoms with Crippen molar-refractivity contribution in [2.45, 2.75) is 20.3 Å². The molecule has 0 bridgehead atoms. The highest BCUT2D eigenvalue weighted by Crippen LogP contribution is 2.34. The lowest BCUT2D eigenvalue weighted by Gasteiger charge is -2.10. The Morgan fingerprint density at radius 1 is 1.39 bits per heavy atom. The molecule has 0 aromatic carbocycles. The fourth-order valence-corrected chi connectivity index (χ4v) is 2.75. The normalized spacial score (nSPS) is 14.3. The van der Waals surface area contributed by atoms with Crippen molar-refractivity contribution < 1.29 is 9.32 Å². The number of hydrogen-bond acceptors (Lipinski definition) is 6. The van der Waals surface area contributed by atoms with Crippen molar-refractivity contribution in [2.24, 2.45) is 4.99 Å². The highest BCUT2D eigenvalue weighted by Gasteiger charge is 2.22. The summed E-state index contributed by atoms with van der Waals surface area (Å²) in [6.07, 6.45) is 0.267. The molecule has 2 aromatic heterocycles. The van der Waals surface area contributed by atoms with Crippen LogP contribution >= 0.6 is 11.3 Å². The van der Waals surface area contributed by atoms with Crippen molar-refractivity contribution in [3.05, 3.63) is 28.3 Å². The maximum Gasteiger partial charge on any atom is 0.230 e. The summed E-state index contributed by atoms with van der Waals surface area (Å²) in [4.78, 5) is 17.5. The molecule has 92 valence electrons. The highest BCUT2D eigenvalue weighted by atomic mass is 32.1. The maximum atomic E-state index is 11.9. The van der Waals surface area contributed by atoms with E-state index in [1.165, 1.54) is 11.3 Å². The summed E-state index contributed by atoms with van der Waals surface area (Å²) in [5.41, 5.74) is 1.50. The topological polar surface area (TPSA) is 67.5 Å². The molecule has 0 fully saturated rings. The van der Waals surface area contributed by atoms with E-state index in [9.17, 15) is 4.79 Å². The second-order valence-electron chi connectivity index (χ2n) is 4.19. The summed E-state index contributed by atoms with van der Waals surface area (Å²) in [5.74, 6) is 1.20. The third kappa shape index (κ3) is 1.95. The summed E-state index contributed by atoms with van der Waals surface area (Å²) in [7, 11) is 0. The first-order valence-corrected chi connectivity index (χ1v) is 6.35. The zero-order chi connectivity index (χ0) is 12.7. The molecule has 3 rings (SSSR count). The molecule has 0 saturated carbocycles. The number of nitrogens with one attached hydrogen (secondary N) is 1. The molecule has 3 heterocycles. The van der Waals surface area contributed by atoms with Gasteiger partial charge in [0, 0.05) is 10.9 Å². The van der Waals surface area contributed by atoms with E-state index < -0.39 is 0 Å². The number of thiophene rings is 1. The van der Waals surface area contributed by atoms with Crippen LogP contribution in [0.5, 0.6) is 0 Å². The van der Waals surface area contributed by atoms with E-state index in [2.05, 4.69) is 15.5 Å². The Labute approximate surface area is 108 Å². The van der Waals surface area contributed by atoms with Crippen LogP contribution in [0.3, 0.4) is 0 Å². The van der Waals surface area contributed by atoms with Crippen molar-refractivity contribution in [2.75, 3.05) is 5.32 Å². The third-order valence-electron chi connectivity index (χ3n) is 2.60. The Balaban J connectivity index is 1.91. The van der Waals surface area contributed by atoms with E-state index in [1.807, 2.05) is 19.9 Å². The molecule has 1 aliphatic rings. The van der Waals surface area contributed by atoms with Gasteiger partial charge in [-0.15, -0.1) is 11.3 Å². The molecule has 0 radical (unpaired) electrons. The number of carbonyl (C=O) groups excluding carboxylic acids is 1. The lowest BCUT2D eigenvalue weighted by molar-refractivity contribution is 0.1000. The summed E-state index contributed by atoms with van der Waals surface area (Å²) in [6, 6.07) is 3.66. The van der Waals surface area contributed by atoms with Gasteiger partial charge < -0.3 is 9.84 Å². The van der Waals surface area contributed by atoms with Gasteiger partial charge in [0.25, 0.3) is 0 Å². The molecule has 6 heteroatoms. The van der Waals surface area contributed by atoms with Crippen molar-refractivity contribution in [3.8, 4) is 0 Å². The molecule has 1 N–H and O–H groups in total. The summed E-state index contributed by atoms with van der Waals surface area (Å²) in [5, 5.41) is 7.53. The van der Waals surface area contributed by atoms with Crippen LogP contribution in [-0.4, -0.2) is 16.8 Å². The van der Waals surface area contributed by atoms with Gasteiger partial charge in [-0.05, 0) is 19.9 Å². The number of amidine groups is 1. The van der Waals surface area contributed by atoms with Gasteiger partial charge in [-0.1, -0.05) is 5.16 Å². The first kappa shape index (κ1) is 11.2. The Morgan fingerprint density at radius 2 is 2.22 bits per heavy atom. The molecule has 0 atom stereocenters. The van der Waals surface area contributed by atoms with E-state index in [0.29, 0.717) is 11.7 Å². The summed E-state index contributed by atoms with van der Waals surface area (Å²) < 4.78 is 5.05. The number of aryl methyl sites for hydroxylation is 2. The number of rotatable bonds is 1. The number of ketones is 1. The minimum Gasteiger partial charge on any atom is -0.338 e. The SMILES string of the molecule is Cc1cc(NC2=Nc3sc(C)cc3C(=O)C2)on1. The number of Topliss-reactive ketones (excluding diaryl/α,β-unsaturated/α-hetero) is 1. The van der Waals surface area contributed by atoms with Gasteiger partial charge >= 0.3 is 0 Å². The Bertz CT molecular complexity index is 654. The van der Waals surface area contributed by atoms with Gasteiger partial charge in [0.1, 0.15) is 10.8 Å². The first-order valence-electron chi connectivity index (χ1n) is 5.53. The zero-order valence-electron chi connectivity index (χ0n) is 9.98. The van der Waals surface area contributed by atoms with Gasteiger partial charge in [-0.3, -0.25) is 4.79 Å². The summed E-state index contributed by atoms with van der Waals surface area (Å²) in [6.45, 7) is 3.81. The quantitative estimate of drug-likeness (QED) is 0.856. The van der Waals surface area contributed by atoms with Crippen LogP contribution in [0.25, 0.3) is 0 Å². The van der Waals surface area contributed by atoms with E-state index >= 15 is 0 Å². The number of hydrogen-bond donors (Lipinski definition) is 1. The maximum absolute atomic E-state index is 11.9. The number of aromatic nitrogens is 1. The molecule has 5 nitrogen and oxygen atoms in total. The van der Waals surface area contributed by atoms with Gasteiger partial charge in [-0.2, -0.15) is 0 Å². The van der Waals surface area contributed by atoms with Crippen LogP contribution in [0, 0.1) is 13.8 Å².